The fraction of sp³-hybridized carbons (Fsp3) is 0.391. The van der Waals surface area contributed by atoms with Gasteiger partial charge >= 0.3 is 0 Å². The van der Waals surface area contributed by atoms with Crippen LogP contribution in [0.15, 0.2) is 59.5 Å². The molecule has 6 nitrogen and oxygen atoms in total. The van der Waals surface area contributed by atoms with Crippen LogP contribution in [0.4, 0.5) is 0 Å². The average molecular weight is 425 g/mol. The van der Waals surface area contributed by atoms with Gasteiger partial charge in [-0.2, -0.15) is 4.31 Å². The zero-order chi connectivity index (χ0) is 20.9. The fourth-order valence-corrected chi connectivity index (χ4v) is 7.24. The molecule has 2 aromatic carbocycles. The third-order valence-electron chi connectivity index (χ3n) is 6.61. The van der Waals surface area contributed by atoms with Gasteiger partial charge in [-0.25, -0.2) is 8.42 Å². The van der Waals surface area contributed by atoms with E-state index in [0.29, 0.717) is 17.7 Å². The number of hydrogen-bond donors (Lipinski definition) is 0. The summed E-state index contributed by atoms with van der Waals surface area (Å²) >= 11 is 0. The quantitative estimate of drug-likeness (QED) is 0.707. The highest BCUT2D eigenvalue weighted by Crippen LogP contribution is 2.42. The van der Waals surface area contributed by atoms with Crippen molar-refractivity contribution in [3.63, 3.8) is 0 Å². The Morgan fingerprint density at radius 1 is 0.733 bits per heavy atom. The molecule has 30 heavy (non-hydrogen) atoms. The van der Waals surface area contributed by atoms with Crippen LogP contribution in [0, 0.1) is 0 Å². The van der Waals surface area contributed by atoms with Gasteiger partial charge in [0.25, 0.3) is 0 Å². The maximum Gasteiger partial charge on any atom is 0.243 e. The van der Waals surface area contributed by atoms with Gasteiger partial charge in [0, 0.05) is 31.0 Å². The number of carbonyl (C=O) groups excluding carboxylic acids is 2. The molecule has 2 amide bonds. The zero-order valence-corrected chi connectivity index (χ0v) is 17.4. The molecule has 7 heteroatoms. The smallest absolute Gasteiger partial charge is 0.243 e. The van der Waals surface area contributed by atoms with Gasteiger partial charge in [0.1, 0.15) is 0 Å². The highest BCUT2D eigenvalue weighted by Gasteiger charge is 2.50. The van der Waals surface area contributed by atoms with Gasteiger partial charge in [-0.15, -0.1) is 0 Å². The fourth-order valence-electron chi connectivity index (χ4n) is 5.30. The number of benzene rings is 2. The maximum absolute atomic E-state index is 13.6. The first kappa shape index (κ1) is 19.5. The summed E-state index contributed by atoms with van der Waals surface area (Å²) in [6.45, 7) is 0. The Labute approximate surface area is 176 Å². The molecule has 0 N–H and O–H groups in total. The Morgan fingerprint density at radius 2 is 1.33 bits per heavy atom. The van der Waals surface area contributed by atoms with Gasteiger partial charge in [-0.05, 0) is 48.9 Å². The van der Waals surface area contributed by atoms with Crippen LogP contribution in [0.25, 0.3) is 11.1 Å². The molecule has 2 bridgehead atoms. The molecular weight excluding hydrogens is 400 g/mol. The number of piperidine rings is 1. The monoisotopic (exact) mass is 424 g/mol. The van der Waals surface area contributed by atoms with E-state index in [1.54, 1.807) is 22.5 Å². The number of rotatable bonds is 4. The molecule has 0 spiro atoms. The van der Waals surface area contributed by atoms with Crippen molar-refractivity contribution >= 4 is 21.8 Å². The third-order valence-corrected chi connectivity index (χ3v) is 8.61. The highest BCUT2D eigenvalue weighted by atomic mass is 32.2. The van der Waals surface area contributed by atoms with Crippen molar-refractivity contribution in [2.75, 3.05) is 0 Å². The van der Waals surface area contributed by atoms with Crippen molar-refractivity contribution in [1.82, 2.24) is 9.21 Å². The summed E-state index contributed by atoms with van der Waals surface area (Å²) in [5.74, 6) is -0.229. The molecule has 5 rings (SSSR count). The van der Waals surface area contributed by atoms with Crippen LogP contribution in [0.3, 0.4) is 0 Å². The number of likely N-dealkylation sites (tertiary alicyclic amines) is 1. The maximum atomic E-state index is 13.6. The Hall–Kier alpha value is -2.51. The van der Waals surface area contributed by atoms with Crippen molar-refractivity contribution in [3.8, 4) is 11.1 Å². The highest BCUT2D eigenvalue weighted by molar-refractivity contribution is 7.89. The number of imide groups is 1. The lowest BCUT2D eigenvalue weighted by molar-refractivity contribution is -0.142. The van der Waals surface area contributed by atoms with Crippen LogP contribution in [0.2, 0.25) is 0 Å². The lowest BCUT2D eigenvalue weighted by atomic mass is 9.98. The van der Waals surface area contributed by atoms with E-state index in [1.165, 1.54) is 4.90 Å². The van der Waals surface area contributed by atoms with E-state index in [9.17, 15) is 18.0 Å². The summed E-state index contributed by atoms with van der Waals surface area (Å²) in [7, 11) is -3.66. The van der Waals surface area contributed by atoms with Gasteiger partial charge in [0.05, 0.1) is 4.90 Å². The van der Waals surface area contributed by atoms with E-state index in [4.69, 9.17) is 0 Å². The molecule has 3 saturated heterocycles. The molecule has 3 fully saturated rings. The molecule has 3 aliphatic heterocycles. The molecule has 2 atom stereocenters. The van der Waals surface area contributed by atoms with Crippen LogP contribution in [-0.2, 0) is 19.6 Å². The van der Waals surface area contributed by atoms with Crippen LogP contribution < -0.4 is 0 Å². The lowest BCUT2D eigenvalue weighted by Gasteiger charge is -2.40. The van der Waals surface area contributed by atoms with E-state index in [-0.39, 0.29) is 42.8 Å². The number of fused-ring (bicyclic) bond motifs is 2. The molecule has 156 valence electrons. The molecule has 0 saturated carbocycles. The number of sulfonamides is 1. The van der Waals surface area contributed by atoms with Crippen molar-refractivity contribution in [3.05, 3.63) is 54.6 Å². The SMILES string of the molecule is O=C1CCC(=O)N1C1CC2CCC(C1)N2S(=O)(=O)c1cccc(-c2ccccc2)c1. The summed E-state index contributed by atoms with van der Waals surface area (Å²) in [6, 6.07) is 16.3. The Kier molecular flexibility index (Phi) is 4.75. The second kappa shape index (κ2) is 7.32. The molecule has 0 radical (unpaired) electrons. The summed E-state index contributed by atoms with van der Waals surface area (Å²) in [5.41, 5.74) is 1.84. The molecule has 2 unspecified atom stereocenters. The summed E-state index contributed by atoms with van der Waals surface area (Å²) in [6.07, 6.45) is 3.17. The average Bonchev–Trinajstić information content (AvgIpc) is 3.24. The van der Waals surface area contributed by atoms with Gasteiger partial charge in [-0.1, -0.05) is 42.5 Å². The first-order valence-corrected chi connectivity index (χ1v) is 11.9. The van der Waals surface area contributed by atoms with Gasteiger partial charge in [-0.3, -0.25) is 14.5 Å². The van der Waals surface area contributed by atoms with Gasteiger partial charge < -0.3 is 0 Å². The van der Waals surface area contributed by atoms with E-state index in [2.05, 4.69) is 0 Å². The lowest BCUT2D eigenvalue weighted by Crippen LogP contribution is -2.53. The summed E-state index contributed by atoms with van der Waals surface area (Å²) < 4.78 is 28.8. The number of nitrogens with zero attached hydrogens (tertiary/aromatic N) is 2. The number of carbonyl (C=O) groups is 2. The van der Waals surface area contributed by atoms with Crippen LogP contribution in [0.1, 0.15) is 38.5 Å². The van der Waals surface area contributed by atoms with Crippen molar-refractivity contribution in [1.29, 1.82) is 0 Å². The van der Waals surface area contributed by atoms with Crippen LogP contribution >= 0.6 is 0 Å². The summed E-state index contributed by atoms with van der Waals surface area (Å²) in [5, 5.41) is 0. The molecule has 0 aliphatic carbocycles. The standard InChI is InChI=1S/C23H24N2O4S/c26-22-11-12-23(27)24(22)20-14-18-9-10-19(15-20)25(18)30(28,29)21-8-4-7-17(13-21)16-5-2-1-3-6-16/h1-8,13,18-20H,9-12,14-15H2. The largest absolute Gasteiger partial charge is 0.279 e. The van der Waals surface area contributed by atoms with Crippen molar-refractivity contribution < 1.29 is 18.0 Å². The predicted octanol–water partition coefficient (Wildman–Crippen LogP) is 3.19. The first-order chi connectivity index (χ1) is 14.4. The van der Waals surface area contributed by atoms with Gasteiger partial charge in [0.15, 0.2) is 0 Å². The minimum atomic E-state index is -3.66. The van der Waals surface area contributed by atoms with Crippen molar-refractivity contribution in [2.24, 2.45) is 0 Å². The number of hydrogen-bond acceptors (Lipinski definition) is 4. The predicted molar refractivity (Wildman–Crippen MR) is 112 cm³/mol. The van der Waals surface area contributed by atoms with E-state index < -0.39 is 10.0 Å². The number of amides is 2. The molecule has 2 aromatic rings. The Balaban J connectivity index is 1.43. The third kappa shape index (κ3) is 3.17. The van der Waals surface area contributed by atoms with Crippen LogP contribution in [0.5, 0.6) is 0 Å². The molecule has 3 heterocycles. The topological polar surface area (TPSA) is 74.8 Å². The van der Waals surface area contributed by atoms with Crippen molar-refractivity contribution in [2.45, 2.75) is 61.5 Å². The second-order valence-corrected chi connectivity index (χ2v) is 10.2. The molecule has 0 aromatic heterocycles. The van der Waals surface area contributed by atoms with E-state index in [1.807, 2.05) is 36.4 Å². The summed E-state index contributed by atoms with van der Waals surface area (Å²) in [4.78, 5) is 26.0. The molecule has 3 aliphatic rings. The minimum absolute atomic E-state index is 0.115. The minimum Gasteiger partial charge on any atom is -0.279 e. The van der Waals surface area contributed by atoms with E-state index >= 15 is 0 Å². The second-order valence-electron chi connectivity index (χ2n) is 8.40. The zero-order valence-electron chi connectivity index (χ0n) is 16.6. The normalized spacial score (nSPS) is 27.1. The van der Waals surface area contributed by atoms with Crippen LogP contribution in [-0.4, -0.2) is 47.6 Å². The molecular formula is C23H24N2O4S. The Bertz CT molecular complexity index is 1070. The van der Waals surface area contributed by atoms with E-state index in [0.717, 1.165) is 24.0 Å². The van der Waals surface area contributed by atoms with Gasteiger partial charge in [0.2, 0.25) is 21.8 Å². The Morgan fingerprint density at radius 3 is 1.97 bits per heavy atom. The first-order valence-electron chi connectivity index (χ1n) is 10.5.